The van der Waals surface area contributed by atoms with Gasteiger partial charge in [0.1, 0.15) is 5.54 Å². The molecule has 2 aliphatic carbocycles. The third kappa shape index (κ3) is 2.45. The Bertz CT molecular complexity index is 401. The van der Waals surface area contributed by atoms with Crippen molar-refractivity contribution in [1.82, 2.24) is 10.2 Å². The minimum absolute atomic E-state index is 0.0637. The van der Waals surface area contributed by atoms with Crippen molar-refractivity contribution in [3.05, 3.63) is 0 Å². The first kappa shape index (κ1) is 13.9. The number of carbonyl (C=O) groups is 2. The van der Waals surface area contributed by atoms with Gasteiger partial charge in [0.15, 0.2) is 0 Å². The van der Waals surface area contributed by atoms with Gasteiger partial charge in [-0.05, 0) is 38.0 Å². The summed E-state index contributed by atoms with van der Waals surface area (Å²) in [5, 5.41) is 3.08. The molecule has 0 aromatic heterocycles. The first-order valence-corrected chi connectivity index (χ1v) is 8.23. The first-order valence-electron chi connectivity index (χ1n) is 8.23. The van der Waals surface area contributed by atoms with Crippen LogP contribution in [0.25, 0.3) is 0 Å². The van der Waals surface area contributed by atoms with E-state index in [-0.39, 0.29) is 11.8 Å². The molecule has 0 radical (unpaired) electrons. The van der Waals surface area contributed by atoms with Crippen molar-refractivity contribution in [3.8, 4) is 0 Å². The van der Waals surface area contributed by atoms with E-state index in [1.54, 1.807) is 0 Å². The first-order chi connectivity index (χ1) is 9.61. The van der Waals surface area contributed by atoms with Crippen LogP contribution in [0.5, 0.6) is 0 Å². The fourth-order valence-electron chi connectivity index (χ4n) is 4.28. The molecule has 1 spiro atoms. The van der Waals surface area contributed by atoms with Gasteiger partial charge >= 0.3 is 0 Å². The lowest BCUT2D eigenvalue weighted by Crippen LogP contribution is -2.59. The van der Waals surface area contributed by atoms with Crippen LogP contribution in [0.3, 0.4) is 0 Å². The number of hydrogen-bond donors (Lipinski definition) is 1. The van der Waals surface area contributed by atoms with Gasteiger partial charge in [-0.1, -0.05) is 26.2 Å². The Kier molecular flexibility index (Phi) is 3.74. The molecule has 4 nitrogen and oxygen atoms in total. The quantitative estimate of drug-likeness (QED) is 0.799. The molecule has 3 aliphatic rings. The van der Waals surface area contributed by atoms with E-state index in [2.05, 4.69) is 12.2 Å². The van der Waals surface area contributed by atoms with Gasteiger partial charge < -0.3 is 10.2 Å². The van der Waals surface area contributed by atoms with Crippen LogP contribution < -0.4 is 5.32 Å². The van der Waals surface area contributed by atoms with E-state index in [0.717, 1.165) is 38.5 Å². The Morgan fingerprint density at radius 1 is 1.15 bits per heavy atom. The molecule has 0 bridgehead atoms. The second-order valence-electron chi connectivity index (χ2n) is 7.01. The predicted molar refractivity (Wildman–Crippen MR) is 77.1 cm³/mol. The van der Waals surface area contributed by atoms with Gasteiger partial charge in [0.25, 0.3) is 0 Å². The van der Waals surface area contributed by atoms with Gasteiger partial charge in [-0.15, -0.1) is 0 Å². The maximum atomic E-state index is 13.1. The molecule has 2 atom stereocenters. The predicted octanol–water partition coefficient (Wildman–Crippen LogP) is 2.23. The molecule has 3 fully saturated rings. The molecule has 20 heavy (non-hydrogen) atoms. The van der Waals surface area contributed by atoms with E-state index in [4.69, 9.17) is 0 Å². The number of amides is 2. The van der Waals surface area contributed by atoms with Crippen molar-refractivity contribution in [2.24, 2.45) is 5.92 Å². The van der Waals surface area contributed by atoms with Crippen molar-refractivity contribution in [2.45, 2.75) is 76.3 Å². The maximum absolute atomic E-state index is 13.1. The van der Waals surface area contributed by atoms with E-state index < -0.39 is 5.54 Å². The van der Waals surface area contributed by atoms with Crippen molar-refractivity contribution < 1.29 is 9.59 Å². The molecular weight excluding hydrogens is 252 g/mol. The lowest BCUT2D eigenvalue weighted by atomic mass is 9.80. The van der Waals surface area contributed by atoms with Crippen LogP contribution in [-0.2, 0) is 9.59 Å². The highest BCUT2D eigenvalue weighted by Gasteiger charge is 2.47. The average molecular weight is 278 g/mol. The van der Waals surface area contributed by atoms with E-state index in [1.165, 1.54) is 12.8 Å². The third-order valence-corrected chi connectivity index (χ3v) is 5.44. The van der Waals surface area contributed by atoms with Crippen molar-refractivity contribution in [2.75, 3.05) is 6.54 Å². The zero-order valence-electron chi connectivity index (χ0n) is 12.5. The summed E-state index contributed by atoms with van der Waals surface area (Å²) in [5.41, 5.74) is -0.572. The zero-order valence-corrected chi connectivity index (χ0v) is 12.5. The number of rotatable bonds is 1. The molecule has 3 rings (SSSR count). The lowest BCUT2D eigenvalue weighted by molar-refractivity contribution is -0.142. The second kappa shape index (κ2) is 5.38. The van der Waals surface area contributed by atoms with Gasteiger partial charge in [0.05, 0.1) is 0 Å². The topological polar surface area (TPSA) is 49.4 Å². The molecule has 2 saturated carbocycles. The molecule has 1 aliphatic heterocycles. The van der Waals surface area contributed by atoms with Crippen LogP contribution >= 0.6 is 0 Å². The fraction of sp³-hybridized carbons (Fsp3) is 0.875. The highest BCUT2D eigenvalue weighted by Crippen LogP contribution is 2.36. The fourth-order valence-corrected chi connectivity index (χ4v) is 4.28. The number of hydrogen-bond acceptors (Lipinski definition) is 2. The number of nitrogens with one attached hydrogen (secondary N) is 1. The average Bonchev–Trinajstić information content (AvgIpc) is 2.81. The van der Waals surface area contributed by atoms with Gasteiger partial charge in [-0.2, -0.15) is 0 Å². The van der Waals surface area contributed by atoms with Crippen LogP contribution in [0.15, 0.2) is 0 Å². The number of carbonyl (C=O) groups excluding carboxylic acids is 2. The van der Waals surface area contributed by atoms with Gasteiger partial charge in [-0.25, -0.2) is 0 Å². The van der Waals surface area contributed by atoms with Crippen molar-refractivity contribution in [1.29, 1.82) is 0 Å². The summed E-state index contributed by atoms with van der Waals surface area (Å²) in [6, 6.07) is 0.365. The van der Waals surface area contributed by atoms with Gasteiger partial charge in [0, 0.05) is 19.0 Å². The van der Waals surface area contributed by atoms with Crippen LogP contribution in [0.1, 0.15) is 64.7 Å². The summed E-state index contributed by atoms with van der Waals surface area (Å²) < 4.78 is 0. The molecule has 2 unspecified atom stereocenters. The molecule has 1 saturated heterocycles. The third-order valence-electron chi connectivity index (χ3n) is 5.44. The zero-order chi connectivity index (χ0) is 14.2. The molecule has 1 N–H and O–H groups in total. The lowest BCUT2D eigenvalue weighted by Gasteiger charge is -2.40. The second-order valence-corrected chi connectivity index (χ2v) is 7.01. The van der Waals surface area contributed by atoms with E-state index in [0.29, 0.717) is 24.9 Å². The SMILES string of the molecule is CC1CCC(N2CCC(=O)NC3(CCCCC3)C2=O)C1. The normalized spacial score (nSPS) is 34.1. The minimum Gasteiger partial charge on any atom is -0.342 e. The number of nitrogens with zero attached hydrogens (tertiary/aromatic N) is 1. The largest absolute Gasteiger partial charge is 0.342 e. The Hall–Kier alpha value is -1.06. The maximum Gasteiger partial charge on any atom is 0.248 e. The Balaban J connectivity index is 1.83. The highest BCUT2D eigenvalue weighted by atomic mass is 16.2. The summed E-state index contributed by atoms with van der Waals surface area (Å²) in [6.07, 6.45) is 8.86. The molecule has 0 aromatic rings. The highest BCUT2D eigenvalue weighted by molar-refractivity contribution is 5.93. The Morgan fingerprint density at radius 2 is 1.90 bits per heavy atom. The molecular formula is C16H26N2O2. The van der Waals surface area contributed by atoms with Crippen LogP contribution in [-0.4, -0.2) is 34.8 Å². The van der Waals surface area contributed by atoms with Crippen molar-refractivity contribution in [3.63, 3.8) is 0 Å². The standard InChI is InChI=1S/C16H26N2O2/c1-12-5-6-13(11-12)18-10-7-14(19)17-16(15(18)20)8-3-2-4-9-16/h12-13H,2-11H2,1H3,(H,17,19). The van der Waals surface area contributed by atoms with E-state index in [9.17, 15) is 9.59 Å². The summed E-state index contributed by atoms with van der Waals surface area (Å²) >= 11 is 0. The Labute approximate surface area is 121 Å². The summed E-state index contributed by atoms with van der Waals surface area (Å²) in [4.78, 5) is 27.2. The van der Waals surface area contributed by atoms with Crippen LogP contribution in [0.4, 0.5) is 0 Å². The van der Waals surface area contributed by atoms with Crippen LogP contribution in [0, 0.1) is 5.92 Å². The van der Waals surface area contributed by atoms with Gasteiger partial charge in [-0.3, -0.25) is 9.59 Å². The minimum atomic E-state index is -0.572. The van der Waals surface area contributed by atoms with E-state index in [1.807, 2.05) is 4.90 Å². The molecule has 0 aromatic carbocycles. The molecule has 1 heterocycles. The van der Waals surface area contributed by atoms with Crippen LogP contribution in [0.2, 0.25) is 0 Å². The molecule has 4 heteroatoms. The molecule has 2 amide bonds. The van der Waals surface area contributed by atoms with Gasteiger partial charge in [0.2, 0.25) is 11.8 Å². The monoisotopic (exact) mass is 278 g/mol. The summed E-state index contributed by atoms with van der Waals surface area (Å²) in [5.74, 6) is 0.984. The van der Waals surface area contributed by atoms with Crippen molar-refractivity contribution >= 4 is 11.8 Å². The summed E-state index contributed by atoms with van der Waals surface area (Å²) in [7, 11) is 0. The smallest absolute Gasteiger partial charge is 0.248 e. The van der Waals surface area contributed by atoms with E-state index >= 15 is 0 Å². The summed E-state index contributed by atoms with van der Waals surface area (Å²) in [6.45, 7) is 2.88. The Morgan fingerprint density at radius 3 is 2.55 bits per heavy atom. The molecule has 112 valence electrons.